The highest BCUT2D eigenvalue weighted by atomic mass is 35.5. The smallest absolute Gasteiger partial charge is 0.183 e. The van der Waals surface area contributed by atoms with Crippen molar-refractivity contribution in [2.45, 2.75) is 50.1 Å². The maximum absolute atomic E-state index is 6.45. The molecular formula is C20H28ClN5OS. The van der Waals surface area contributed by atoms with Gasteiger partial charge in [-0.25, -0.2) is 4.98 Å². The first-order chi connectivity index (χ1) is 13.6. The summed E-state index contributed by atoms with van der Waals surface area (Å²) in [5.41, 5.74) is 15.3. The van der Waals surface area contributed by atoms with E-state index < -0.39 is 0 Å². The molecule has 1 unspecified atom stereocenters. The zero-order valence-electron chi connectivity index (χ0n) is 15.9. The molecule has 28 heavy (non-hydrogen) atoms. The molecule has 2 fully saturated rings. The van der Waals surface area contributed by atoms with Gasteiger partial charge >= 0.3 is 0 Å². The maximum Gasteiger partial charge on any atom is 0.183 e. The lowest BCUT2D eigenvalue weighted by atomic mass is 9.80. The van der Waals surface area contributed by atoms with Gasteiger partial charge in [0.25, 0.3) is 0 Å². The van der Waals surface area contributed by atoms with Crippen molar-refractivity contribution in [1.29, 1.82) is 0 Å². The third-order valence-corrected chi connectivity index (χ3v) is 6.96. The van der Waals surface area contributed by atoms with Gasteiger partial charge < -0.3 is 21.5 Å². The summed E-state index contributed by atoms with van der Waals surface area (Å²) in [5.74, 6) is 0.818. The normalized spacial score (nSPS) is 26.3. The number of aromatic nitrogens is 2. The molecule has 0 spiro atoms. The van der Waals surface area contributed by atoms with Crippen LogP contribution in [-0.4, -0.2) is 41.8 Å². The first-order valence-electron chi connectivity index (χ1n) is 10.0. The van der Waals surface area contributed by atoms with Crippen molar-refractivity contribution in [2.24, 2.45) is 17.4 Å². The van der Waals surface area contributed by atoms with Gasteiger partial charge in [0.2, 0.25) is 0 Å². The van der Waals surface area contributed by atoms with Crippen LogP contribution in [0.4, 0.5) is 5.13 Å². The van der Waals surface area contributed by atoms with Crippen molar-refractivity contribution in [1.82, 2.24) is 9.97 Å². The largest absolute Gasteiger partial charge is 0.381 e. The number of nitrogens with two attached hydrogens (primary N) is 2. The molecule has 1 saturated heterocycles. The number of halogens is 1. The van der Waals surface area contributed by atoms with Crippen molar-refractivity contribution in [3.63, 3.8) is 0 Å². The molecule has 0 aromatic carbocycles. The summed E-state index contributed by atoms with van der Waals surface area (Å²) >= 11 is 8.06. The lowest BCUT2D eigenvalue weighted by molar-refractivity contribution is 0.0699. The Morgan fingerprint density at radius 1 is 1.21 bits per heavy atom. The molecule has 1 aliphatic heterocycles. The van der Waals surface area contributed by atoms with E-state index in [0.717, 1.165) is 73.9 Å². The lowest BCUT2D eigenvalue weighted by Gasteiger charge is -2.32. The summed E-state index contributed by atoms with van der Waals surface area (Å²) in [5, 5.41) is 7.05. The van der Waals surface area contributed by atoms with Crippen LogP contribution >= 0.6 is 22.9 Å². The highest BCUT2D eigenvalue weighted by Crippen LogP contribution is 2.36. The number of anilines is 1. The topological polar surface area (TPSA) is 99.1 Å². The fourth-order valence-corrected chi connectivity index (χ4v) is 5.00. The van der Waals surface area contributed by atoms with Crippen molar-refractivity contribution in [2.75, 3.05) is 25.1 Å². The molecule has 5 N–H and O–H groups in total. The Morgan fingerprint density at radius 2 is 2.04 bits per heavy atom. The number of nitrogens with zero attached hydrogens (tertiary/aromatic N) is 2. The number of nitrogens with one attached hydrogen (secondary N) is 1. The number of thiazole rings is 1. The van der Waals surface area contributed by atoms with Crippen molar-refractivity contribution < 1.29 is 4.74 Å². The van der Waals surface area contributed by atoms with Crippen LogP contribution in [0.25, 0.3) is 11.3 Å². The summed E-state index contributed by atoms with van der Waals surface area (Å²) in [4.78, 5) is 9.31. The van der Waals surface area contributed by atoms with E-state index in [0.29, 0.717) is 10.9 Å². The van der Waals surface area contributed by atoms with Gasteiger partial charge in [-0.2, -0.15) is 0 Å². The Morgan fingerprint density at radius 3 is 2.86 bits per heavy atom. The number of rotatable bonds is 5. The molecular weight excluding hydrogens is 394 g/mol. The van der Waals surface area contributed by atoms with E-state index in [2.05, 4.69) is 10.3 Å². The second kappa shape index (κ2) is 9.05. The van der Waals surface area contributed by atoms with E-state index in [9.17, 15) is 0 Å². The zero-order chi connectivity index (χ0) is 19.5. The first-order valence-corrected chi connectivity index (χ1v) is 11.3. The number of ether oxygens (including phenoxy) is 1. The van der Waals surface area contributed by atoms with Crippen LogP contribution in [0.2, 0.25) is 5.02 Å². The van der Waals surface area contributed by atoms with E-state index in [-0.39, 0.29) is 18.0 Å². The Bertz CT molecular complexity index is 795. The van der Waals surface area contributed by atoms with Crippen LogP contribution in [0.1, 0.15) is 43.7 Å². The molecule has 2 aromatic rings. The Hall–Kier alpha value is -1.25. The Labute approximate surface area is 175 Å². The van der Waals surface area contributed by atoms with Crippen molar-refractivity contribution >= 4 is 28.1 Å². The van der Waals surface area contributed by atoms with Crippen LogP contribution in [0.15, 0.2) is 17.6 Å². The van der Waals surface area contributed by atoms with Gasteiger partial charge in [-0.1, -0.05) is 11.6 Å². The fraction of sp³-hybridized carbons (Fsp3) is 0.600. The molecule has 0 bridgehead atoms. The summed E-state index contributed by atoms with van der Waals surface area (Å²) in [6, 6.07) is 2.32. The van der Waals surface area contributed by atoms with Gasteiger partial charge in [0.15, 0.2) is 5.13 Å². The molecule has 6 nitrogen and oxygen atoms in total. The molecule has 0 amide bonds. The highest BCUT2D eigenvalue weighted by molar-refractivity contribution is 7.14. The summed E-state index contributed by atoms with van der Waals surface area (Å²) in [6.45, 7) is 2.65. The van der Waals surface area contributed by atoms with Gasteiger partial charge in [-0.3, -0.25) is 4.98 Å². The zero-order valence-corrected chi connectivity index (χ0v) is 17.5. The molecule has 152 valence electrons. The van der Waals surface area contributed by atoms with Crippen LogP contribution < -0.4 is 16.8 Å². The summed E-state index contributed by atoms with van der Waals surface area (Å²) in [6.07, 6.45) is 6.70. The second-order valence-corrected chi connectivity index (χ2v) is 9.17. The third-order valence-electron chi connectivity index (χ3n) is 5.86. The van der Waals surface area contributed by atoms with E-state index in [1.807, 2.05) is 11.4 Å². The molecule has 0 radical (unpaired) electrons. The first kappa shape index (κ1) is 20.0. The summed E-state index contributed by atoms with van der Waals surface area (Å²) in [7, 11) is 0. The molecule has 2 aliphatic rings. The molecule has 3 heterocycles. The van der Waals surface area contributed by atoms with Crippen molar-refractivity contribution in [3.8, 4) is 11.3 Å². The quantitative estimate of drug-likeness (QED) is 0.681. The van der Waals surface area contributed by atoms with Crippen LogP contribution in [-0.2, 0) is 4.74 Å². The standard InChI is InChI=1S/C20H28ClN5OS/c21-16-10-24-18(15-7-13(22)1-2-17(15)23)8-14(16)19-11-28-20(26-19)25-9-12-3-5-27-6-4-12/h8,10-13,15,17H,1-7,9,22-23H2,(H,25,26)/t13-,15?,17-/m1/s1. The van der Waals surface area contributed by atoms with E-state index >= 15 is 0 Å². The highest BCUT2D eigenvalue weighted by Gasteiger charge is 2.29. The molecule has 1 saturated carbocycles. The average molecular weight is 422 g/mol. The van der Waals surface area contributed by atoms with Gasteiger partial charge in [0.1, 0.15) is 0 Å². The molecule has 1 aliphatic carbocycles. The number of pyridine rings is 1. The minimum atomic E-state index is 0.0912. The van der Waals surface area contributed by atoms with Crippen LogP contribution in [0.3, 0.4) is 0 Å². The Balaban J connectivity index is 1.48. The van der Waals surface area contributed by atoms with E-state index in [1.54, 1.807) is 17.5 Å². The minimum absolute atomic E-state index is 0.0912. The Kier molecular flexibility index (Phi) is 6.48. The second-order valence-electron chi connectivity index (χ2n) is 7.91. The van der Waals surface area contributed by atoms with Crippen molar-refractivity contribution in [3.05, 3.63) is 28.4 Å². The molecule has 3 atom stereocenters. The molecule has 4 rings (SSSR count). The predicted molar refractivity (Wildman–Crippen MR) is 115 cm³/mol. The van der Waals surface area contributed by atoms with E-state index in [4.69, 9.17) is 32.8 Å². The third kappa shape index (κ3) is 4.66. The molecule has 8 heteroatoms. The summed E-state index contributed by atoms with van der Waals surface area (Å²) < 4.78 is 5.42. The molecule has 2 aromatic heterocycles. The SMILES string of the molecule is N[C@@H]1CC[C@@H](N)C(c2cc(-c3csc(NCC4CCOCC4)n3)c(Cl)cn2)C1. The number of hydrogen-bond acceptors (Lipinski definition) is 7. The van der Waals surface area contributed by atoms with Crippen LogP contribution in [0, 0.1) is 5.92 Å². The van der Waals surface area contributed by atoms with Crippen LogP contribution in [0.5, 0.6) is 0 Å². The fourth-order valence-electron chi connectivity index (χ4n) is 4.08. The number of hydrogen-bond donors (Lipinski definition) is 3. The maximum atomic E-state index is 6.45. The van der Waals surface area contributed by atoms with Gasteiger partial charge in [0.05, 0.1) is 10.7 Å². The van der Waals surface area contributed by atoms with Gasteiger partial charge in [0, 0.05) is 60.6 Å². The van der Waals surface area contributed by atoms with Gasteiger partial charge in [-0.15, -0.1) is 11.3 Å². The van der Waals surface area contributed by atoms with Gasteiger partial charge in [-0.05, 0) is 44.1 Å². The monoisotopic (exact) mass is 421 g/mol. The minimum Gasteiger partial charge on any atom is -0.381 e. The predicted octanol–water partition coefficient (Wildman–Crippen LogP) is 3.62. The lowest BCUT2D eigenvalue weighted by Crippen LogP contribution is -2.40. The van der Waals surface area contributed by atoms with E-state index in [1.165, 1.54) is 0 Å². The average Bonchev–Trinajstić information content (AvgIpc) is 3.18.